The minimum atomic E-state index is -4.22. The number of amides is 1. The van der Waals surface area contributed by atoms with Crippen LogP contribution in [0.1, 0.15) is 33.7 Å². The van der Waals surface area contributed by atoms with Crippen LogP contribution < -0.4 is 13.8 Å². The van der Waals surface area contributed by atoms with E-state index in [9.17, 15) is 13.2 Å². The van der Waals surface area contributed by atoms with Gasteiger partial charge in [-0.1, -0.05) is 35.5 Å². The number of nitrogens with zero attached hydrogens (tertiary/aromatic N) is 3. The fourth-order valence-electron chi connectivity index (χ4n) is 4.72. The molecule has 3 aromatic rings. The van der Waals surface area contributed by atoms with E-state index in [0.29, 0.717) is 31.5 Å². The van der Waals surface area contributed by atoms with Gasteiger partial charge >= 0.3 is 10.2 Å². The largest absolute Gasteiger partial charge is 0.487 e. The molecular formula is C25H27FN4O5S. The van der Waals surface area contributed by atoms with E-state index in [2.05, 4.69) is 10.1 Å². The fourth-order valence-corrected chi connectivity index (χ4v) is 5.88. The van der Waals surface area contributed by atoms with Gasteiger partial charge in [-0.15, -0.1) is 0 Å². The normalized spacial score (nSPS) is 17.2. The standard InChI is InChI=1S/C25H27FN4O5S/c1-16-20(17(2)35-27-16)9-11-29-10-8-19-12-22(34-15-18-6-4-3-5-7-18)25(24(26)21(19)13-29)30-14-23(31)28-36(30,32)33/h3-7,12H,8-11,13-15H2,1-2H3,(H,28,31). The lowest BCUT2D eigenvalue weighted by atomic mass is 9.97. The molecule has 1 N–H and O–H groups in total. The molecule has 5 rings (SSSR count). The Kier molecular flexibility index (Phi) is 6.44. The zero-order valence-electron chi connectivity index (χ0n) is 20.1. The SMILES string of the molecule is Cc1noc(C)c1CCN1CCc2cc(OCc3ccccc3)c(N3CC(=O)NS3(=O)=O)c(F)c2C1. The molecule has 0 atom stereocenters. The maximum Gasteiger partial charge on any atom is 0.326 e. The third-order valence-corrected chi connectivity index (χ3v) is 8.02. The van der Waals surface area contributed by atoms with Crippen LogP contribution in [0, 0.1) is 19.7 Å². The number of carbonyl (C=O) groups is 1. The van der Waals surface area contributed by atoms with Crippen molar-refractivity contribution in [2.75, 3.05) is 23.9 Å². The van der Waals surface area contributed by atoms with Gasteiger partial charge in [-0.2, -0.15) is 8.42 Å². The maximum absolute atomic E-state index is 16.1. The summed E-state index contributed by atoms with van der Waals surface area (Å²) < 4.78 is 55.2. The second-order valence-corrected chi connectivity index (χ2v) is 10.7. The second-order valence-electron chi connectivity index (χ2n) is 9.07. The lowest BCUT2D eigenvalue weighted by molar-refractivity contribution is -0.117. The molecule has 0 saturated carbocycles. The Morgan fingerprint density at radius 2 is 1.97 bits per heavy atom. The molecule has 2 aromatic carbocycles. The molecule has 36 heavy (non-hydrogen) atoms. The molecule has 2 aliphatic heterocycles. The Labute approximate surface area is 209 Å². The molecule has 1 aromatic heterocycles. The summed E-state index contributed by atoms with van der Waals surface area (Å²) in [6, 6.07) is 11.0. The predicted molar refractivity (Wildman–Crippen MR) is 130 cm³/mol. The molecule has 190 valence electrons. The Hall–Kier alpha value is -3.44. The van der Waals surface area contributed by atoms with E-state index >= 15 is 4.39 Å². The number of fused-ring (bicyclic) bond motifs is 1. The number of aromatic nitrogens is 1. The minimum Gasteiger partial charge on any atom is -0.487 e. The summed E-state index contributed by atoms with van der Waals surface area (Å²) in [6.07, 6.45) is 1.29. The topological polar surface area (TPSA) is 105 Å². The number of rotatable bonds is 7. The summed E-state index contributed by atoms with van der Waals surface area (Å²) in [5.41, 5.74) is 3.68. The van der Waals surface area contributed by atoms with Gasteiger partial charge in [-0.3, -0.25) is 9.69 Å². The highest BCUT2D eigenvalue weighted by Gasteiger charge is 2.39. The molecule has 1 amide bonds. The van der Waals surface area contributed by atoms with Crippen molar-refractivity contribution in [2.45, 2.75) is 39.8 Å². The van der Waals surface area contributed by atoms with E-state index in [1.54, 1.807) is 6.07 Å². The van der Waals surface area contributed by atoms with Crippen LogP contribution in [0.25, 0.3) is 0 Å². The van der Waals surface area contributed by atoms with Crippen LogP contribution in [0.15, 0.2) is 40.9 Å². The molecule has 0 unspecified atom stereocenters. The van der Waals surface area contributed by atoms with Crippen molar-refractivity contribution in [2.24, 2.45) is 0 Å². The highest BCUT2D eigenvalue weighted by Crippen LogP contribution is 2.40. The predicted octanol–water partition coefficient (Wildman–Crippen LogP) is 2.79. The Morgan fingerprint density at radius 1 is 1.19 bits per heavy atom. The van der Waals surface area contributed by atoms with Crippen LogP contribution in [0.4, 0.5) is 10.1 Å². The first-order valence-corrected chi connectivity index (χ1v) is 13.2. The maximum atomic E-state index is 16.1. The first-order chi connectivity index (χ1) is 17.2. The molecule has 11 heteroatoms. The van der Waals surface area contributed by atoms with Gasteiger partial charge in [0.25, 0.3) is 5.91 Å². The number of nitrogens with one attached hydrogen (secondary N) is 1. The van der Waals surface area contributed by atoms with Gasteiger partial charge in [-0.25, -0.2) is 13.4 Å². The molecule has 2 aliphatic rings. The van der Waals surface area contributed by atoms with Crippen LogP contribution in [-0.4, -0.2) is 44.0 Å². The summed E-state index contributed by atoms with van der Waals surface area (Å²) in [7, 11) is -4.22. The molecule has 0 radical (unpaired) electrons. The summed E-state index contributed by atoms with van der Waals surface area (Å²) in [5.74, 6) is -0.533. The van der Waals surface area contributed by atoms with Crippen LogP contribution in [0.2, 0.25) is 0 Å². The zero-order chi connectivity index (χ0) is 25.4. The fraction of sp³-hybridized carbons (Fsp3) is 0.360. The third-order valence-electron chi connectivity index (χ3n) is 6.64. The Morgan fingerprint density at radius 3 is 2.64 bits per heavy atom. The number of benzene rings is 2. The number of aryl methyl sites for hydroxylation is 2. The zero-order valence-corrected chi connectivity index (χ0v) is 20.9. The Bertz CT molecular complexity index is 1390. The molecule has 0 spiro atoms. The van der Waals surface area contributed by atoms with E-state index < -0.39 is 28.5 Å². The van der Waals surface area contributed by atoms with Crippen molar-refractivity contribution in [3.05, 3.63) is 75.9 Å². The first-order valence-electron chi connectivity index (χ1n) is 11.7. The van der Waals surface area contributed by atoms with E-state index in [1.165, 1.54) is 0 Å². The van der Waals surface area contributed by atoms with Gasteiger partial charge in [0.15, 0.2) is 5.82 Å². The molecular weight excluding hydrogens is 487 g/mol. The molecule has 1 fully saturated rings. The third kappa shape index (κ3) is 4.68. The van der Waals surface area contributed by atoms with Crippen LogP contribution in [0.3, 0.4) is 0 Å². The van der Waals surface area contributed by atoms with Gasteiger partial charge in [0.05, 0.1) is 5.69 Å². The molecule has 1 saturated heterocycles. The van der Waals surface area contributed by atoms with E-state index in [0.717, 1.165) is 39.0 Å². The lowest BCUT2D eigenvalue weighted by Crippen LogP contribution is -2.35. The van der Waals surface area contributed by atoms with Crippen LogP contribution >= 0.6 is 0 Å². The minimum absolute atomic E-state index is 0.0966. The van der Waals surface area contributed by atoms with Crippen molar-refractivity contribution >= 4 is 21.8 Å². The molecule has 3 heterocycles. The quantitative estimate of drug-likeness (QED) is 0.517. The lowest BCUT2D eigenvalue weighted by Gasteiger charge is -2.31. The highest BCUT2D eigenvalue weighted by atomic mass is 32.2. The van der Waals surface area contributed by atoms with Crippen LogP contribution in [-0.2, 0) is 41.0 Å². The number of hydrogen-bond donors (Lipinski definition) is 1. The summed E-state index contributed by atoms with van der Waals surface area (Å²) >= 11 is 0. The molecule has 0 aliphatic carbocycles. The van der Waals surface area contributed by atoms with Gasteiger partial charge < -0.3 is 9.26 Å². The number of hydrogen-bond acceptors (Lipinski definition) is 7. The smallest absolute Gasteiger partial charge is 0.326 e. The van der Waals surface area contributed by atoms with E-state index in [-0.39, 0.29) is 18.0 Å². The number of anilines is 1. The van der Waals surface area contributed by atoms with Gasteiger partial charge in [0.2, 0.25) is 0 Å². The number of ether oxygens (including phenoxy) is 1. The summed E-state index contributed by atoms with van der Waals surface area (Å²) in [6.45, 7) is 5.09. The first kappa shape index (κ1) is 24.3. The average Bonchev–Trinajstić information content (AvgIpc) is 3.32. The number of carbonyl (C=O) groups excluding carboxylic acids is 1. The van der Waals surface area contributed by atoms with Crippen molar-refractivity contribution in [1.82, 2.24) is 14.8 Å². The molecule has 9 nitrogen and oxygen atoms in total. The monoisotopic (exact) mass is 514 g/mol. The highest BCUT2D eigenvalue weighted by molar-refractivity contribution is 7.92. The van der Waals surface area contributed by atoms with Crippen LogP contribution in [0.5, 0.6) is 5.75 Å². The van der Waals surface area contributed by atoms with E-state index in [1.807, 2.05) is 48.9 Å². The van der Waals surface area contributed by atoms with Gasteiger partial charge in [0, 0.05) is 30.8 Å². The van der Waals surface area contributed by atoms with Crippen molar-refractivity contribution in [1.29, 1.82) is 0 Å². The summed E-state index contributed by atoms with van der Waals surface area (Å²) in [4.78, 5) is 14.0. The van der Waals surface area contributed by atoms with Crippen molar-refractivity contribution < 1.29 is 26.9 Å². The van der Waals surface area contributed by atoms with Crippen molar-refractivity contribution in [3.63, 3.8) is 0 Å². The second kappa shape index (κ2) is 9.55. The average molecular weight is 515 g/mol. The van der Waals surface area contributed by atoms with E-state index in [4.69, 9.17) is 9.26 Å². The Balaban J connectivity index is 1.46. The van der Waals surface area contributed by atoms with Crippen molar-refractivity contribution in [3.8, 4) is 5.75 Å². The van der Waals surface area contributed by atoms with Gasteiger partial charge in [-0.05, 0) is 43.9 Å². The van der Waals surface area contributed by atoms with Gasteiger partial charge in [0.1, 0.15) is 30.3 Å². The molecule has 0 bridgehead atoms. The number of halogens is 1. The summed E-state index contributed by atoms with van der Waals surface area (Å²) in [5, 5.41) is 3.99.